The molecule has 0 saturated heterocycles. The van der Waals surface area contributed by atoms with Crippen LogP contribution in [0.1, 0.15) is 40.3 Å². The maximum atomic E-state index is 13.7. The second-order valence-electron chi connectivity index (χ2n) is 9.82. The molecule has 3 N–H and O–H groups in total. The zero-order chi connectivity index (χ0) is 25.8. The van der Waals surface area contributed by atoms with E-state index >= 15 is 0 Å². The van der Waals surface area contributed by atoms with Gasteiger partial charge in [0.25, 0.3) is 11.5 Å². The van der Waals surface area contributed by atoms with Crippen LogP contribution in [0.15, 0.2) is 53.3 Å². The van der Waals surface area contributed by atoms with Crippen molar-refractivity contribution < 1.29 is 19.1 Å². The molecule has 1 heterocycles. The number of carbonyl (C=O) groups is 2. The van der Waals surface area contributed by atoms with Gasteiger partial charge in [-0.2, -0.15) is 0 Å². The number of hydrogen-bond donors (Lipinski definition) is 2. The van der Waals surface area contributed by atoms with Crippen molar-refractivity contribution in [3.63, 3.8) is 0 Å². The van der Waals surface area contributed by atoms with Crippen molar-refractivity contribution in [3.8, 4) is 16.9 Å². The molecule has 2 aromatic carbocycles. The summed E-state index contributed by atoms with van der Waals surface area (Å²) >= 11 is 0. The predicted octanol–water partition coefficient (Wildman–Crippen LogP) is 4.21. The van der Waals surface area contributed by atoms with Crippen molar-refractivity contribution in [2.24, 2.45) is 11.7 Å². The molecule has 1 aromatic heterocycles. The molecular weight excluding hydrogens is 446 g/mol. The fourth-order valence-electron chi connectivity index (χ4n) is 3.86. The summed E-state index contributed by atoms with van der Waals surface area (Å²) in [4.78, 5) is 37.3. The van der Waals surface area contributed by atoms with E-state index in [1.807, 2.05) is 44.2 Å². The second kappa shape index (κ2) is 10.6. The van der Waals surface area contributed by atoms with E-state index in [4.69, 9.17) is 15.2 Å². The number of benzene rings is 2. The van der Waals surface area contributed by atoms with Crippen LogP contribution in [0.2, 0.25) is 0 Å². The van der Waals surface area contributed by atoms with Crippen LogP contribution in [-0.4, -0.2) is 28.8 Å². The van der Waals surface area contributed by atoms with E-state index in [2.05, 4.69) is 5.32 Å². The van der Waals surface area contributed by atoms with E-state index in [0.29, 0.717) is 28.8 Å². The van der Waals surface area contributed by atoms with Crippen molar-refractivity contribution >= 4 is 22.8 Å². The fraction of sp³-hybridized carbons (Fsp3) is 0.370. The Kier molecular flexibility index (Phi) is 7.84. The number of nitrogens with one attached hydrogen (secondary N) is 1. The number of amides is 2. The SMILES string of the molecule is CC(C)Cn1c(CNC(=O)OC(C)(C)C)c(-c2ccccc2)c2ccc(OCC(N)=O)cc2c1=O. The summed E-state index contributed by atoms with van der Waals surface area (Å²) in [6.45, 7) is 9.71. The Labute approximate surface area is 205 Å². The number of carbonyl (C=O) groups excluding carboxylic acids is 2. The Balaban J connectivity index is 2.23. The van der Waals surface area contributed by atoms with Gasteiger partial charge in [0.2, 0.25) is 0 Å². The summed E-state index contributed by atoms with van der Waals surface area (Å²) in [5, 5.41) is 3.99. The van der Waals surface area contributed by atoms with Crippen molar-refractivity contribution in [1.29, 1.82) is 0 Å². The number of nitrogens with zero attached hydrogens (tertiary/aromatic N) is 1. The highest BCUT2D eigenvalue weighted by Crippen LogP contribution is 2.33. The number of aromatic nitrogens is 1. The zero-order valence-corrected chi connectivity index (χ0v) is 20.9. The first-order valence-corrected chi connectivity index (χ1v) is 11.6. The van der Waals surface area contributed by atoms with Gasteiger partial charge in [-0.15, -0.1) is 0 Å². The second-order valence-corrected chi connectivity index (χ2v) is 9.82. The van der Waals surface area contributed by atoms with Gasteiger partial charge in [0, 0.05) is 17.8 Å². The van der Waals surface area contributed by atoms with Gasteiger partial charge in [0.15, 0.2) is 6.61 Å². The molecule has 0 spiro atoms. The highest BCUT2D eigenvalue weighted by molar-refractivity contribution is 5.98. The third-order valence-electron chi connectivity index (χ3n) is 5.14. The van der Waals surface area contributed by atoms with Crippen LogP contribution in [0.5, 0.6) is 5.75 Å². The largest absolute Gasteiger partial charge is 0.484 e. The molecule has 0 aliphatic rings. The topological polar surface area (TPSA) is 113 Å². The molecular formula is C27H33N3O5. The number of pyridine rings is 1. The molecule has 186 valence electrons. The zero-order valence-electron chi connectivity index (χ0n) is 20.9. The van der Waals surface area contributed by atoms with Gasteiger partial charge in [-0.1, -0.05) is 44.2 Å². The van der Waals surface area contributed by atoms with Gasteiger partial charge in [0.1, 0.15) is 11.4 Å². The van der Waals surface area contributed by atoms with E-state index < -0.39 is 17.6 Å². The minimum atomic E-state index is -0.644. The van der Waals surface area contributed by atoms with Gasteiger partial charge in [0.05, 0.1) is 11.9 Å². The maximum Gasteiger partial charge on any atom is 0.407 e. The van der Waals surface area contributed by atoms with Crippen LogP contribution < -0.4 is 21.3 Å². The number of hydrogen-bond acceptors (Lipinski definition) is 5. The summed E-state index contributed by atoms with van der Waals surface area (Å²) in [5.41, 5.74) is 6.77. The molecule has 0 atom stereocenters. The number of primary amides is 1. The molecule has 0 fully saturated rings. The lowest BCUT2D eigenvalue weighted by atomic mass is 9.96. The summed E-state index contributed by atoms with van der Waals surface area (Å²) in [6.07, 6.45) is -0.560. The lowest BCUT2D eigenvalue weighted by Crippen LogP contribution is -2.35. The van der Waals surface area contributed by atoms with Crippen LogP contribution in [0.25, 0.3) is 21.9 Å². The summed E-state index contributed by atoms with van der Waals surface area (Å²) in [5.74, 6) is -0.0534. The van der Waals surface area contributed by atoms with Gasteiger partial charge < -0.3 is 25.1 Å². The van der Waals surface area contributed by atoms with E-state index in [-0.39, 0.29) is 24.6 Å². The van der Waals surface area contributed by atoms with Crippen LogP contribution in [-0.2, 0) is 22.6 Å². The Morgan fingerprint density at radius 1 is 1.06 bits per heavy atom. The molecule has 0 unspecified atom stereocenters. The fourth-order valence-corrected chi connectivity index (χ4v) is 3.86. The molecule has 0 saturated carbocycles. The summed E-state index contributed by atoms with van der Waals surface area (Å²) < 4.78 is 12.6. The third kappa shape index (κ3) is 6.62. The number of alkyl carbamates (subject to hydrolysis) is 1. The molecule has 35 heavy (non-hydrogen) atoms. The van der Waals surface area contributed by atoms with E-state index in [0.717, 1.165) is 11.1 Å². The molecule has 0 aliphatic carbocycles. The first-order chi connectivity index (χ1) is 16.5. The van der Waals surface area contributed by atoms with E-state index in [1.54, 1.807) is 43.5 Å². The number of fused-ring (bicyclic) bond motifs is 1. The molecule has 8 heteroatoms. The Hall–Kier alpha value is -3.81. The van der Waals surface area contributed by atoms with E-state index in [9.17, 15) is 14.4 Å². The van der Waals surface area contributed by atoms with E-state index in [1.165, 1.54) is 0 Å². The number of ether oxygens (including phenoxy) is 2. The minimum absolute atomic E-state index is 0.108. The third-order valence-corrected chi connectivity index (χ3v) is 5.14. The van der Waals surface area contributed by atoms with Crippen molar-refractivity contribution in [2.45, 2.75) is 53.3 Å². The number of nitrogens with two attached hydrogens (primary N) is 1. The van der Waals surface area contributed by atoms with Gasteiger partial charge in [-0.05, 0) is 55.8 Å². The van der Waals surface area contributed by atoms with Crippen molar-refractivity contribution in [2.75, 3.05) is 6.61 Å². The van der Waals surface area contributed by atoms with Gasteiger partial charge in [-0.3, -0.25) is 9.59 Å². The lowest BCUT2D eigenvalue weighted by molar-refractivity contribution is -0.119. The monoisotopic (exact) mass is 479 g/mol. The summed E-state index contributed by atoms with van der Waals surface area (Å²) in [7, 11) is 0. The maximum absolute atomic E-state index is 13.7. The molecule has 0 bridgehead atoms. The first kappa shape index (κ1) is 25.8. The average molecular weight is 480 g/mol. The molecule has 8 nitrogen and oxygen atoms in total. The highest BCUT2D eigenvalue weighted by Gasteiger charge is 2.22. The molecule has 3 rings (SSSR count). The highest BCUT2D eigenvalue weighted by atomic mass is 16.6. The van der Waals surface area contributed by atoms with Crippen LogP contribution in [0.4, 0.5) is 4.79 Å². The normalized spacial score (nSPS) is 11.5. The molecule has 0 radical (unpaired) electrons. The Morgan fingerprint density at radius 2 is 1.74 bits per heavy atom. The smallest absolute Gasteiger partial charge is 0.407 e. The quantitative estimate of drug-likeness (QED) is 0.502. The van der Waals surface area contributed by atoms with Crippen molar-refractivity contribution in [3.05, 3.63) is 64.6 Å². The van der Waals surface area contributed by atoms with Gasteiger partial charge in [-0.25, -0.2) is 4.79 Å². The number of rotatable bonds is 8. The molecule has 3 aromatic rings. The summed E-state index contributed by atoms with van der Waals surface area (Å²) in [6, 6.07) is 14.8. The predicted molar refractivity (Wildman–Crippen MR) is 136 cm³/mol. The average Bonchev–Trinajstić information content (AvgIpc) is 2.77. The molecule has 2 amide bonds. The standard InChI is InChI=1S/C27H33N3O5/c1-17(2)15-30-22(14-29-26(33)35-27(3,4)5)24(18-9-7-6-8-10-18)20-12-11-19(34-16-23(28)31)13-21(20)25(30)32/h6-13,17H,14-16H2,1-5H3,(H2,28,31)(H,29,33). The van der Waals surface area contributed by atoms with Crippen LogP contribution in [0.3, 0.4) is 0 Å². The Morgan fingerprint density at radius 3 is 2.34 bits per heavy atom. The van der Waals surface area contributed by atoms with Crippen LogP contribution in [0, 0.1) is 5.92 Å². The molecule has 0 aliphatic heterocycles. The Bertz CT molecular complexity index is 1270. The van der Waals surface area contributed by atoms with Crippen LogP contribution >= 0.6 is 0 Å². The van der Waals surface area contributed by atoms with Crippen molar-refractivity contribution in [1.82, 2.24) is 9.88 Å². The lowest BCUT2D eigenvalue weighted by Gasteiger charge is -2.23. The van der Waals surface area contributed by atoms with Gasteiger partial charge >= 0.3 is 6.09 Å². The minimum Gasteiger partial charge on any atom is -0.484 e. The first-order valence-electron chi connectivity index (χ1n) is 11.6.